The number of para-hydroxylation sites is 1. The van der Waals surface area contributed by atoms with Gasteiger partial charge in [0.05, 0.1) is 5.52 Å². The number of aromatic amines is 1. The summed E-state index contributed by atoms with van der Waals surface area (Å²) in [4.78, 5) is 25.6. The molecule has 0 aliphatic carbocycles. The van der Waals surface area contributed by atoms with E-state index >= 15 is 0 Å². The van der Waals surface area contributed by atoms with Crippen molar-refractivity contribution in [2.45, 2.75) is 26.7 Å². The van der Waals surface area contributed by atoms with E-state index < -0.39 is 0 Å². The molecule has 1 aromatic carbocycles. The first-order chi connectivity index (χ1) is 8.08. The molecule has 17 heavy (non-hydrogen) atoms. The molecule has 1 N–H and O–H groups in total. The fraction of sp³-hybridized carbons (Fsp3) is 0.286. The van der Waals surface area contributed by atoms with Gasteiger partial charge in [-0.2, -0.15) is 0 Å². The summed E-state index contributed by atoms with van der Waals surface area (Å²) >= 11 is 0. The molecule has 3 nitrogen and oxygen atoms in total. The van der Waals surface area contributed by atoms with Crippen molar-refractivity contribution in [2.24, 2.45) is 0 Å². The SMILES string of the molecule is CC(=O)CCc1cc2cccc(C)c2[nH]c1=O. The molecule has 88 valence electrons. The molecule has 1 aromatic heterocycles. The van der Waals surface area contributed by atoms with Gasteiger partial charge < -0.3 is 9.78 Å². The van der Waals surface area contributed by atoms with Crippen LogP contribution in [0.3, 0.4) is 0 Å². The van der Waals surface area contributed by atoms with E-state index in [4.69, 9.17) is 0 Å². The molecule has 2 rings (SSSR count). The summed E-state index contributed by atoms with van der Waals surface area (Å²) in [7, 11) is 0. The Morgan fingerprint density at radius 2 is 2.12 bits per heavy atom. The minimum atomic E-state index is -0.0898. The Balaban J connectivity index is 2.49. The summed E-state index contributed by atoms with van der Waals surface area (Å²) in [5, 5.41) is 1.02. The molecular weight excluding hydrogens is 214 g/mol. The van der Waals surface area contributed by atoms with E-state index in [0.717, 1.165) is 16.5 Å². The number of benzene rings is 1. The Morgan fingerprint density at radius 1 is 1.35 bits per heavy atom. The Labute approximate surface area is 99.5 Å². The van der Waals surface area contributed by atoms with Crippen LogP contribution >= 0.6 is 0 Å². The van der Waals surface area contributed by atoms with E-state index in [1.165, 1.54) is 0 Å². The highest BCUT2D eigenvalue weighted by Gasteiger charge is 2.05. The van der Waals surface area contributed by atoms with Crippen molar-refractivity contribution in [3.63, 3.8) is 0 Å². The number of pyridine rings is 1. The lowest BCUT2D eigenvalue weighted by atomic mass is 10.1. The zero-order valence-electron chi connectivity index (χ0n) is 10.0. The standard InChI is InChI=1S/C14H15NO2/c1-9-4-3-5-11-8-12(7-6-10(2)16)14(17)15-13(9)11/h3-5,8H,6-7H2,1-2H3,(H,15,17). The van der Waals surface area contributed by atoms with Crippen LogP contribution in [0.15, 0.2) is 29.1 Å². The van der Waals surface area contributed by atoms with Gasteiger partial charge in [0.2, 0.25) is 0 Å². The molecule has 0 aliphatic heterocycles. The van der Waals surface area contributed by atoms with Gasteiger partial charge in [0.25, 0.3) is 5.56 Å². The average molecular weight is 229 g/mol. The minimum Gasteiger partial charge on any atom is -0.321 e. The monoisotopic (exact) mass is 229 g/mol. The second-order valence-corrected chi connectivity index (χ2v) is 4.36. The molecule has 2 aromatic rings. The molecule has 0 saturated carbocycles. The van der Waals surface area contributed by atoms with Crippen LogP contribution in [0, 0.1) is 6.92 Å². The molecule has 0 fully saturated rings. The molecule has 0 amide bonds. The third-order valence-corrected chi connectivity index (χ3v) is 2.91. The Kier molecular flexibility index (Phi) is 3.09. The molecular formula is C14H15NO2. The molecule has 0 spiro atoms. The van der Waals surface area contributed by atoms with Crippen molar-refractivity contribution in [1.29, 1.82) is 0 Å². The second kappa shape index (κ2) is 4.53. The number of hydrogen-bond donors (Lipinski definition) is 1. The van der Waals surface area contributed by atoms with Gasteiger partial charge in [-0.3, -0.25) is 4.79 Å². The second-order valence-electron chi connectivity index (χ2n) is 4.36. The number of rotatable bonds is 3. The van der Waals surface area contributed by atoms with Crippen LogP contribution in [0.1, 0.15) is 24.5 Å². The van der Waals surface area contributed by atoms with Gasteiger partial charge in [-0.1, -0.05) is 18.2 Å². The maximum atomic E-state index is 11.8. The Morgan fingerprint density at radius 3 is 2.82 bits per heavy atom. The van der Waals surface area contributed by atoms with Gasteiger partial charge >= 0.3 is 0 Å². The normalized spacial score (nSPS) is 10.7. The highest BCUT2D eigenvalue weighted by Crippen LogP contribution is 2.15. The molecule has 0 radical (unpaired) electrons. The van der Waals surface area contributed by atoms with E-state index in [1.807, 2.05) is 31.2 Å². The van der Waals surface area contributed by atoms with Crippen LogP contribution in [0.2, 0.25) is 0 Å². The molecule has 0 saturated heterocycles. The fourth-order valence-electron chi connectivity index (χ4n) is 1.92. The summed E-state index contributed by atoms with van der Waals surface area (Å²) in [5.74, 6) is 0.105. The van der Waals surface area contributed by atoms with Crippen molar-refractivity contribution in [2.75, 3.05) is 0 Å². The van der Waals surface area contributed by atoms with Crippen molar-refractivity contribution in [3.05, 3.63) is 45.7 Å². The number of aromatic nitrogens is 1. The maximum absolute atomic E-state index is 11.8. The minimum absolute atomic E-state index is 0.0898. The molecule has 3 heteroatoms. The molecule has 0 bridgehead atoms. The number of ketones is 1. The van der Waals surface area contributed by atoms with Crippen LogP contribution in [-0.2, 0) is 11.2 Å². The number of nitrogens with one attached hydrogen (secondary N) is 1. The van der Waals surface area contributed by atoms with Crippen LogP contribution in [0.4, 0.5) is 0 Å². The van der Waals surface area contributed by atoms with Crippen LogP contribution in [-0.4, -0.2) is 10.8 Å². The molecule has 0 aliphatic rings. The summed E-state index contributed by atoms with van der Waals surface area (Å²) in [6.45, 7) is 3.51. The highest BCUT2D eigenvalue weighted by atomic mass is 16.1. The number of fused-ring (bicyclic) bond motifs is 1. The average Bonchev–Trinajstić information content (AvgIpc) is 2.28. The van der Waals surface area contributed by atoms with Crippen molar-refractivity contribution in [1.82, 2.24) is 4.98 Å². The lowest BCUT2D eigenvalue weighted by molar-refractivity contribution is -0.116. The van der Waals surface area contributed by atoms with E-state index in [0.29, 0.717) is 18.4 Å². The zero-order chi connectivity index (χ0) is 12.4. The lowest BCUT2D eigenvalue weighted by Crippen LogP contribution is -2.13. The van der Waals surface area contributed by atoms with E-state index in [-0.39, 0.29) is 11.3 Å². The Bertz CT molecular complexity index is 626. The van der Waals surface area contributed by atoms with Crippen LogP contribution in [0.5, 0.6) is 0 Å². The van der Waals surface area contributed by atoms with Gasteiger partial charge in [-0.25, -0.2) is 0 Å². The molecule has 1 heterocycles. The summed E-state index contributed by atoms with van der Waals surface area (Å²) < 4.78 is 0. The third-order valence-electron chi connectivity index (χ3n) is 2.91. The predicted octanol–water partition coefficient (Wildman–Crippen LogP) is 2.36. The zero-order valence-corrected chi connectivity index (χ0v) is 10.0. The van der Waals surface area contributed by atoms with Crippen LogP contribution < -0.4 is 5.56 Å². The topological polar surface area (TPSA) is 49.9 Å². The predicted molar refractivity (Wildman–Crippen MR) is 68.3 cm³/mol. The van der Waals surface area contributed by atoms with Crippen molar-refractivity contribution in [3.8, 4) is 0 Å². The number of carbonyl (C=O) groups excluding carboxylic acids is 1. The fourth-order valence-corrected chi connectivity index (χ4v) is 1.92. The summed E-state index contributed by atoms with van der Waals surface area (Å²) in [5.41, 5.74) is 2.52. The molecule has 0 unspecified atom stereocenters. The first-order valence-electron chi connectivity index (χ1n) is 5.69. The number of aryl methyl sites for hydroxylation is 2. The molecule has 0 atom stereocenters. The van der Waals surface area contributed by atoms with Gasteiger partial charge in [0.15, 0.2) is 0 Å². The Hall–Kier alpha value is -1.90. The van der Waals surface area contributed by atoms with Gasteiger partial charge in [-0.15, -0.1) is 0 Å². The number of carbonyl (C=O) groups is 1. The van der Waals surface area contributed by atoms with Crippen LogP contribution in [0.25, 0.3) is 10.9 Å². The van der Waals surface area contributed by atoms with Crippen molar-refractivity contribution >= 4 is 16.7 Å². The van der Waals surface area contributed by atoms with E-state index in [9.17, 15) is 9.59 Å². The first-order valence-corrected chi connectivity index (χ1v) is 5.69. The van der Waals surface area contributed by atoms with Crippen molar-refractivity contribution < 1.29 is 4.79 Å². The quantitative estimate of drug-likeness (QED) is 0.878. The number of Topliss-reactive ketones (excluding diaryl/α,β-unsaturated/α-hetero) is 1. The first kappa shape index (κ1) is 11.6. The number of H-pyrrole nitrogens is 1. The smallest absolute Gasteiger partial charge is 0.251 e. The largest absolute Gasteiger partial charge is 0.321 e. The van der Waals surface area contributed by atoms with E-state index in [1.54, 1.807) is 6.92 Å². The summed E-state index contributed by atoms with van der Waals surface area (Å²) in [6, 6.07) is 7.78. The highest BCUT2D eigenvalue weighted by molar-refractivity contribution is 5.82. The summed E-state index contributed by atoms with van der Waals surface area (Å²) in [6.07, 6.45) is 0.926. The maximum Gasteiger partial charge on any atom is 0.251 e. The third kappa shape index (κ3) is 2.44. The van der Waals surface area contributed by atoms with Gasteiger partial charge in [-0.05, 0) is 37.3 Å². The lowest BCUT2D eigenvalue weighted by Gasteiger charge is -2.04. The number of hydrogen-bond acceptors (Lipinski definition) is 2. The van der Waals surface area contributed by atoms with E-state index in [2.05, 4.69) is 4.98 Å². The van der Waals surface area contributed by atoms with Gasteiger partial charge in [0, 0.05) is 12.0 Å². The van der Waals surface area contributed by atoms with Gasteiger partial charge in [0.1, 0.15) is 5.78 Å².